The van der Waals surface area contributed by atoms with Crippen molar-refractivity contribution in [2.24, 2.45) is 0 Å². The summed E-state index contributed by atoms with van der Waals surface area (Å²) in [5.74, 6) is -0.647. The Morgan fingerprint density at radius 2 is 1.81 bits per heavy atom. The number of benzene rings is 2. The van der Waals surface area contributed by atoms with Crippen molar-refractivity contribution in [2.45, 2.75) is 4.90 Å². The number of hydrogen-bond donors (Lipinski definition) is 0. The van der Waals surface area contributed by atoms with Crippen molar-refractivity contribution in [1.29, 1.82) is 0 Å². The molecule has 0 aromatic heterocycles. The number of sulfone groups is 1. The highest BCUT2D eigenvalue weighted by molar-refractivity contribution is 7.92. The average molecular weight is 325 g/mol. The van der Waals surface area contributed by atoms with E-state index in [4.69, 9.17) is 16.3 Å². The molecule has 0 unspecified atom stereocenters. The number of hydrogen-bond acceptors (Lipinski definition) is 4. The maximum Gasteiger partial charge on any atom is 0.185 e. The molecule has 6 heteroatoms. The lowest BCUT2D eigenvalue weighted by Gasteiger charge is -2.06. The molecule has 2 aromatic rings. The van der Waals surface area contributed by atoms with Crippen LogP contribution < -0.4 is 4.74 Å². The van der Waals surface area contributed by atoms with Gasteiger partial charge in [0.25, 0.3) is 0 Å². The summed E-state index contributed by atoms with van der Waals surface area (Å²) >= 11 is 5.74. The zero-order valence-electron chi connectivity index (χ0n) is 11.2. The van der Waals surface area contributed by atoms with E-state index in [2.05, 4.69) is 0 Å². The van der Waals surface area contributed by atoms with Crippen molar-refractivity contribution < 1.29 is 17.9 Å². The van der Waals surface area contributed by atoms with Gasteiger partial charge in [-0.25, -0.2) is 8.42 Å². The van der Waals surface area contributed by atoms with E-state index in [1.807, 2.05) is 0 Å². The molecule has 0 saturated heterocycles. The number of rotatable bonds is 5. The van der Waals surface area contributed by atoms with Gasteiger partial charge in [0.15, 0.2) is 15.6 Å². The minimum Gasteiger partial charge on any atom is -0.497 e. The second kappa shape index (κ2) is 6.28. The Balaban J connectivity index is 2.24. The summed E-state index contributed by atoms with van der Waals surface area (Å²) in [6.45, 7) is 0. The third kappa shape index (κ3) is 3.83. The molecular formula is C15H13ClO4S. The molecule has 0 bridgehead atoms. The largest absolute Gasteiger partial charge is 0.497 e. The molecule has 0 saturated carbocycles. The molecular weight excluding hydrogens is 312 g/mol. The van der Waals surface area contributed by atoms with E-state index < -0.39 is 21.4 Å². The van der Waals surface area contributed by atoms with Gasteiger partial charge >= 0.3 is 0 Å². The number of carbonyl (C=O) groups excluding carboxylic acids is 1. The van der Waals surface area contributed by atoms with E-state index in [9.17, 15) is 13.2 Å². The van der Waals surface area contributed by atoms with Crippen LogP contribution in [0.1, 0.15) is 10.4 Å². The zero-order valence-corrected chi connectivity index (χ0v) is 12.8. The second-order valence-corrected chi connectivity index (χ2v) is 6.79. The van der Waals surface area contributed by atoms with Crippen LogP contribution in [0.15, 0.2) is 53.4 Å². The molecule has 0 atom stereocenters. The van der Waals surface area contributed by atoms with Gasteiger partial charge in [-0.2, -0.15) is 0 Å². The van der Waals surface area contributed by atoms with E-state index >= 15 is 0 Å². The lowest BCUT2D eigenvalue weighted by Crippen LogP contribution is -2.16. The third-order valence-corrected chi connectivity index (χ3v) is 4.75. The summed E-state index contributed by atoms with van der Waals surface area (Å²) in [5.41, 5.74) is 0.311. The third-order valence-electron chi connectivity index (χ3n) is 2.89. The molecule has 0 aliphatic carbocycles. The minimum absolute atomic E-state index is 0.0594. The van der Waals surface area contributed by atoms with E-state index in [1.165, 1.54) is 31.4 Å². The van der Waals surface area contributed by atoms with E-state index in [-0.39, 0.29) is 4.90 Å². The summed E-state index contributed by atoms with van der Waals surface area (Å²) in [6, 6.07) is 12.1. The number of methoxy groups -OCH3 is 1. The smallest absolute Gasteiger partial charge is 0.185 e. The normalized spacial score (nSPS) is 11.1. The average Bonchev–Trinajstić information content (AvgIpc) is 2.47. The first-order chi connectivity index (χ1) is 9.92. The highest BCUT2D eigenvalue weighted by Gasteiger charge is 2.20. The standard InChI is InChI=1S/C15H13ClO4S/c1-20-13-3-2-4-14(9-13)21(18,19)10-15(17)11-5-7-12(16)8-6-11/h2-9H,10H2,1H3. The monoisotopic (exact) mass is 324 g/mol. The molecule has 110 valence electrons. The molecule has 0 heterocycles. The number of carbonyl (C=O) groups is 1. The van der Waals surface area contributed by atoms with Crippen LogP contribution in [-0.4, -0.2) is 27.1 Å². The maximum absolute atomic E-state index is 12.2. The maximum atomic E-state index is 12.2. The Bertz CT molecular complexity index is 751. The number of ketones is 1. The van der Waals surface area contributed by atoms with Gasteiger partial charge in [-0.1, -0.05) is 17.7 Å². The van der Waals surface area contributed by atoms with Gasteiger partial charge in [-0.3, -0.25) is 4.79 Å². The predicted octanol–water partition coefficient (Wildman–Crippen LogP) is 3.01. The molecule has 0 amide bonds. The first kappa shape index (κ1) is 15.5. The quantitative estimate of drug-likeness (QED) is 0.793. The van der Waals surface area contributed by atoms with Crippen molar-refractivity contribution in [3.63, 3.8) is 0 Å². The van der Waals surface area contributed by atoms with Crippen LogP contribution in [0.3, 0.4) is 0 Å². The molecule has 0 radical (unpaired) electrons. The summed E-state index contributed by atoms with van der Waals surface area (Å²) in [4.78, 5) is 12.1. The minimum atomic E-state index is -3.71. The molecule has 0 N–H and O–H groups in total. The molecule has 4 nitrogen and oxygen atoms in total. The highest BCUT2D eigenvalue weighted by Crippen LogP contribution is 2.19. The fourth-order valence-corrected chi connectivity index (χ4v) is 3.16. The van der Waals surface area contributed by atoms with Crippen LogP contribution in [0.4, 0.5) is 0 Å². The van der Waals surface area contributed by atoms with Gasteiger partial charge in [-0.15, -0.1) is 0 Å². The molecule has 2 aromatic carbocycles. The second-order valence-electron chi connectivity index (χ2n) is 4.37. The van der Waals surface area contributed by atoms with Gasteiger partial charge in [-0.05, 0) is 42.5 Å². The van der Waals surface area contributed by atoms with Crippen LogP contribution in [0.25, 0.3) is 0 Å². The van der Waals surface area contributed by atoms with Crippen molar-refractivity contribution in [3.05, 3.63) is 59.1 Å². The number of ether oxygens (including phenoxy) is 1. The van der Waals surface area contributed by atoms with Crippen molar-refractivity contribution >= 4 is 27.2 Å². The summed E-state index contributed by atoms with van der Waals surface area (Å²) < 4.78 is 29.5. The topological polar surface area (TPSA) is 60.4 Å². The molecule has 21 heavy (non-hydrogen) atoms. The lowest BCUT2D eigenvalue weighted by atomic mass is 10.1. The van der Waals surface area contributed by atoms with Gasteiger partial charge in [0.05, 0.1) is 12.0 Å². The fraction of sp³-hybridized carbons (Fsp3) is 0.133. The SMILES string of the molecule is COc1cccc(S(=O)(=O)CC(=O)c2ccc(Cl)cc2)c1. The molecule has 0 fully saturated rings. The van der Waals surface area contributed by atoms with Gasteiger partial charge in [0.1, 0.15) is 11.5 Å². The molecule has 0 aliphatic rings. The van der Waals surface area contributed by atoms with Crippen molar-refractivity contribution in [2.75, 3.05) is 12.9 Å². The van der Waals surface area contributed by atoms with Crippen LogP contribution in [0, 0.1) is 0 Å². The van der Waals surface area contributed by atoms with Gasteiger partial charge in [0.2, 0.25) is 0 Å². The van der Waals surface area contributed by atoms with E-state index in [1.54, 1.807) is 24.3 Å². The Morgan fingerprint density at radius 1 is 1.14 bits per heavy atom. The summed E-state index contributed by atoms with van der Waals surface area (Å²) in [5, 5.41) is 0.488. The van der Waals surface area contributed by atoms with Gasteiger partial charge < -0.3 is 4.74 Å². The van der Waals surface area contributed by atoms with Gasteiger partial charge in [0, 0.05) is 10.6 Å². The number of halogens is 1. The zero-order chi connectivity index (χ0) is 15.5. The van der Waals surface area contributed by atoms with E-state index in [0.29, 0.717) is 16.3 Å². The van der Waals surface area contributed by atoms with Crippen molar-refractivity contribution in [1.82, 2.24) is 0 Å². The Morgan fingerprint density at radius 3 is 2.43 bits per heavy atom. The van der Waals surface area contributed by atoms with Crippen LogP contribution >= 0.6 is 11.6 Å². The number of Topliss-reactive ketones (excluding diaryl/α,β-unsaturated/α-hetero) is 1. The predicted molar refractivity (Wildman–Crippen MR) is 80.8 cm³/mol. The molecule has 0 aliphatic heterocycles. The first-order valence-corrected chi connectivity index (χ1v) is 8.11. The molecule has 0 spiro atoms. The van der Waals surface area contributed by atoms with Crippen LogP contribution in [-0.2, 0) is 9.84 Å². The van der Waals surface area contributed by atoms with Crippen LogP contribution in [0.5, 0.6) is 5.75 Å². The first-order valence-electron chi connectivity index (χ1n) is 6.08. The fourth-order valence-electron chi connectivity index (χ4n) is 1.77. The Labute approximate surface area is 128 Å². The molecule has 2 rings (SSSR count). The van der Waals surface area contributed by atoms with Crippen LogP contribution in [0.2, 0.25) is 5.02 Å². The van der Waals surface area contributed by atoms with E-state index in [0.717, 1.165) is 0 Å². The summed E-state index contributed by atoms with van der Waals surface area (Å²) in [6.07, 6.45) is 0. The lowest BCUT2D eigenvalue weighted by molar-refractivity contribution is 0.102. The summed E-state index contributed by atoms with van der Waals surface area (Å²) in [7, 11) is -2.26. The van der Waals surface area contributed by atoms with Crippen molar-refractivity contribution in [3.8, 4) is 5.75 Å². The Hall–Kier alpha value is -1.85. The Kier molecular flexibility index (Phi) is 4.65. The highest BCUT2D eigenvalue weighted by atomic mass is 35.5.